The maximum absolute atomic E-state index is 12.8. The van der Waals surface area contributed by atoms with Gasteiger partial charge in [-0.3, -0.25) is 10.2 Å². The Bertz CT molecular complexity index is 776. The summed E-state index contributed by atoms with van der Waals surface area (Å²) < 4.78 is 0. The van der Waals surface area contributed by atoms with Gasteiger partial charge in [0, 0.05) is 37.6 Å². The zero-order chi connectivity index (χ0) is 18.8. The molecule has 6 nitrogen and oxygen atoms in total. The highest BCUT2D eigenvalue weighted by atomic mass is 32.1. The van der Waals surface area contributed by atoms with Gasteiger partial charge in [0.05, 0.1) is 0 Å². The van der Waals surface area contributed by atoms with Crippen LogP contribution in [-0.4, -0.2) is 51.7 Å². The predicted octanol–water partition coefficient (Wildman–Crippen LogP) is 4.10. The van der Waals surface area contributed by atoms with Crippen molar-refractivity contribution in [2.45, 2.75) is 51.1 Å². The van der Waals surface area contributed by atoms with Gasteiger partial charge >= 0.3 is 6.03 Å². The summed E-state index contributed by atoms with van der Waals surface area (Å²) in [5.41, 5.74) is 1.33. The number of nitrogens with one attached hydrogen (secondary N) is 1. The topological polar surface area (TPSA) is 61.4 Å². The number of nitrogens with zero attached hydrogens (tertiary/aromatic N) is 4. The first-order valence-electron chi connectivity index (χ1n) is 9.85. The molecular formula is C20H27N5OS. The minimum Gasteiger partial charge on any atom is -0.320 e. The molecule has 1 aliphatic carbocycles. The van der Waals surface area contributed by atoms with E-state index >= 15 is 0 Å². The van der Waals surface area contributed by atoms with Crippen LogP contribution in [0.25, 0.3) is 0 Å². The SMILES string of the molecule is CCN(C(=O)Nc1nnc(C2CC2)s1)C1CCN(C(C)c2ccccc2)C1. The first-order valence-corrected chi connectivity index (χ1v) is 10.7. The zero-order valence-electron chi connectivity index (χ0n) is 16.0. The van der Waals surface area contributed by atoms with Crippen molar-refractivity contribution in [3.05, 3.63) is 40.9 Å². The molecule has 2 heterocycles. The van der Waals surface area contributed by atoms with E-state index in [0.717, 1.165) is 24.5 Å². The molecule has 1 saturated heterocycles. The van der Waals surface area contributed by atoms with Gasteiger partial charge in [0.1, 0.15) is 5.01 Å². The highest BCUT2D eigenvalue weighted by Gasteiger charge is 2.33. The van der Waals surface area contributed by atoms with Gasteiger partial charge in [-0.2, -0.15) is 0 Å². The van der Waals surface area contributed by atoms with E-state index in [0.29, 0.717) is 23.6 Å². The Balaban J connectivity index is 1.36. The molecule has 2 amide bonds. The number of amides is 2. The van der Waals surface area contributed by atoms with Crippen LogP contribution in [0.15, 0.2) is 30.3 Å². The van der Waals surface area contributed by atoms with E-state index in [2.05, 4.69) is 51.6 Å². The number of aromatic nitrogens is 2. The molecule has 1 aromatic carbocycles. The average molecular weight is 386 g/mol. The summed E-state index contributed by atoms with van der Waals surface area (Å²) in [5.74, 6) is 0.568. The molecule has 144 valence electrons. The van der Waals surface area contributed by atoms with Gasteiger partial charge in [0.15, 0.2) is 0 Å². The van der Waals surface area contributed by atoms with E-state index in [9.17, 15) is 4.79 Å². The third-order valence-electron chi connectivity index (χ3n) is 5.65. The molecule has 2 unspecified atom stereocenters. The van der Waals surface area contributed by atoms with E-state index in [1.54, 1.807) is 0 Å². The van der Waals surface area contributed by atoms with Crippen molar-refractivity contribution < 1.29 is 4.79 Å². The van der Waals surface area contributed by atoms with Crippen LogP contribution in [0.1, 0.15) is 55.6 Å². The maximum atomic E-state index is 12.8. The molecule has 1 aliphatic heterocycles. The summed E-state index contributed by atoms with van der Waals surface area (Å²) in [6.45, 7) is 6.89. The highest BCUT2D eigenvalue weighted by Crippen LogP contribution is 2.42. The Labute approximate surface area is 164 Å². The summed E-state index contributed by atoms with van der Waals surface area (Å²) in [4.78, 5) is 17.2. The second-order valence-electron chi connectivity index (χ2n) is 7.46. The minimum absolute atomic E-state index is 0.0600. The van der Waals surface area contributed by atoms with Crippen LogP contribution in [0, 0.1) is 0 Å². The minimum atomic E-state index is -0.0600. The highest BCUT2D eigenvalue weighted by molar-refractivity contribution is 7.15. The van der Waals surface area contributed by atoms with Crippen molar-refractivity contribution in [1.29, 1.82) is 0 Å². The van der Waals surface area contributed by atoms with Gasteiger partial charge in [0.2, 0.25) is 5.13 Å². The third-order valence-corrected chi connectivity index (χ3v) is 6.65. The molecule has 0 spiro atoms. The molecule has 0 bridgehead atoms. The van der Waals surface area contributed by atoms with Crippen molar-refractivity contribution in [2.24, 2.45) is 0 Å². The number of hydrogen-bond donors (Lipinski definition) is 1. The molecule has 2 fully saturated rings. The Morgan fingerprint density at radius 3 is 2.78 bits per heavy atom. The van der Waals surface area contributed by atoms with Gasteiger partial charge in [-0.1, -0.05) is 41.7 Å². The second-order valence-corrected chi connectivity index (χ2v) is 8.47. The van der Waals surface area contributed by atoms with Crippen molar-refractivity contribution >= 4 is 22.5 Å². The molecule has 0 radical (unpaired) electrons. The van der Waals surface area contributed by atoms with Gasteiger partial charge in [-0.15, -0.1) is 10.2 Å². The fraction of sp³-hybridized carbons (Fsp3) is 0.550. The first kappa shape index (κ1) is 18.4. The van der Waals surface area contributed by atoms with Crippen molar-refractivity contribution in [3.63, 3.8) is 0 Å². The van der Waals surface area contributed by atoms with Gasteiger partial charge in [0.25, 0.3) is 0 Å². The summed E-state index contributed by atoms with van der Waals surface area (Å²) in [5, 5.41) is 13.0. The lowest BCUT2D eigenvalue weighted by Gasteiger charge is -2.29. The number of carbonyl (C=O) groups excluding carboxylic acids is 1. The Morgan fingerprint density at radius 2 is 2.07 bits per heavy atom. The molecule has 2 aliphatic rings. The lowest BCUT2D eigenvalue weighted by atomic mass is 10.1. The number of benzene rings is 1. The molecule has 1 aromatic heterocycles. The molecule has 1 N–H and O–H groups in total. The lowest BCUT2D eigenvalue weighted by molar-refractivity contribution is 0.184. The molecule has 4 rings (SSSR count). The summed E-state index contributed by atoms with van der Waals surface area (Å²) in [6, 6.07) is 11.1. The van der Waals surface area contributed by atoms with Crippen LogP contribution in [-0.2, 0) is 0 Å². The summed E-state index contributed by atoms with van der Waals surface area (Å²) in [6.07, 6.45) is 3.39. The van der Waals surface area contributed by atoms with Crippen LogP contribution in [0.2, 0.25) is 0 Å². The summed E-state index contributed by atoms with van der Waals surface area (Å²) >= 11 is 1.51. The number of likely N-dealkylation sites (N-methyl/N-ethyl adjacent to an activating group) is 1. The normalized spacial score (nSPS) is 21.2. The van der Waals surface area contributed by atoms with Gasteiger partial charge in [-0.25, -0.2) is 4.79 Å². The number of anilines is 1. The molecule has 7 heteroatoms. The molecule has 1 saturated carbocycles. The van der Waals surface area contributed by atoms with Crippen molar-refractivity contribution in [3.8, 4) is 0 Å². The van der Waals surface area contributed by atoms with E-state index in [4.69, 9.17) is 0 Å². The Morgan fingerprint density at radius 1 is 1.30 bits per heavy atom. The number of rotatable bonds is 6. The van der Waals surface area contributed by atoms with E-state index < -0.39 is 0 Å². The quantitative estimate of drug-likeness (QED) is 0.813. The molecular weight excluding hydrogens is 358 g/mol. The number of hydrogen-bond acceptors (Lipinski definition) is 5. The van der Waals surface area contributed by atoms with E-state index in [-0.39, 0.29) is 12.1 Å². The predicted molar refractivity (Wildman–Crippen MR) is 108 cm³/mol. The zero-order valence-corrected chi connectivity index (χ0v) is 16.8. The average Bonchev–Trinajstić information content (AvgIpc) is 3.24. The molecule has 2 aromatic rings. The van der Waals surface area contributed by atoms with Gasteiger partial charge in [-0.05, 0) is 38.7 Å². The number of likely N-dealkylation sites (tertiary alicyclic amines) is 1. The van der Waals surface area contributed by atoms with Gasteiger partial charge < -0.3 is 4.90 Å². The van der Waals surface area contributed by atoms with Crippen molar-refractivity contribution in [1.82, 2.24) is 20.0 Å². The van der Waals surface area contributed by atoms with Crippen LogP contribution in [0.4, 0.5) is 9.93 Å². The standard InChI is InChI=1S/C20H27N5OS/c1-3-25(20(26)21-19-23-22-18(27-19)16-9-10-16)17-11-12-24(13-17)14(2)15-7-5-4-6-8-15/h4-8,14,16-17H,3,9-13H2,1-2H3,(H,21,23,26). The number of carbonyl (C=O) groups is 1. The number of urea groups is 1. The van der Waals surface area contributed by atoms with Crippen LogP contribution >= 0.6 is 11.3 Å². The molecule has 27 heavy (non-hydrogen) atoms. The Hall–Kier alpha value is -1.99. The third kappa shape index (κ3) is 4.14. The van der Waals surface area contributed by atoms with E-state index in [1.165, 1.54) is 29.7 Å². The molecule has 2 atom stereocenters. The van der Waals surface area contributed by atoms with Crippen LogP contribution < -0.4 is 5.32 Å². The van der Waals surface area contributed by atoms with Crippen molar-refractivity contribution in [2.75, 3.05) is 25.0 Å². The smallest absolute Gasteiger partial charge is 0.320 e. The summed E-state index contributed by atoms with van der Waals surface area (Å²) in [7, 11) is 0. The monoisotopic (exact) mass is 385 g/mol. The fourth-order valence-electron chi connectivity index (χ4n) is 3.83. The van der Waals surface area contributed by atoms with Crippen LogP contribution in [0.5, 0.6) is 0 Å². The second kappa shape index (κ2) is 7.94. The fourth-order valence-corrected chi connectivity index (χ4v) is 4.73. The maximum Gasteiger partial charge on any atom is 0.323 e. The lowest BCUT2D eigenvalue weighted by Crippen LogP contribution is -2.44. The largest absolute Gasteiger partial charge is 0.323 e. The Kier molecular flexibility index (Phi) is 5.41. The van der Waals surface area contributed by atoms with E-state index in [1.807, 2.05) is 17.9 Å². The first-order chi connectivity index (χ1) is 13.2. The van der Waals surface area contributed by atoms with Crippen LogP contribution in [0.3, 0.4) is 0 Å².